The monoisotopic (exact) mass is 458 g/mol. The molecule has 3 aromatic carbocycles. The molecule has 0 radical (unpaired) electrons. The summed E-state index contributed by atoms with van der Waals surface area (Å²) >= 11 is 0. The number of unbranched alkanes of at least 4 members (excludes halogenated alkanes) is 3. The van der Waals surface area contributed by atoms with Crippen LogP contribution in [0.5, 0.6) is 11.5 Å². The molecule has 3 aromatic rings. The fourth-order valence-electron chi connectivity index (χ4n) is 3.42. The number of ether oxygens (including phenoxy) is 2. The number of aldehydes is 1. The Labute approximate surface area is 200 Å². The van der Waals surface area contributed by atoms with Crippen molar-refractivity contribution < 1.29 is 19.1 Å². The van der Waals surface area contributed by atoms with Gasteiger partial charge >= 0.3 is 0 Å². The highest BCUT2D eigenvalue weighted by atomic mass is 16.5. The van der Waals surface area contributed by atoms with E-state index in [1.165, 1.54) is 0 Å². The van der Waals surface area contributed by atoms with E-state index in [-0.39, 0.29) is 5.78 Å². The van der Waals surface area contributed by atoms with Gasteiger partial charge in [0.2, 0.25) is 0 Å². The molecule has 0 aliphatic carbocycles. The molecule has 0 amide bonds. The van der Waals surface area contributed by atoms with Crippen molar-refractivity contribution in [2.75, 3.05) is 24.7 Å². The summed E-state index contributed by atoms with van der Waals surface area (Å²) in [6, 6.07) is 20.0. The predicted octanol–water partition coefficient (Wildman–Crippen LogP) is 5.58. The highest BCUT2D eigenvalue weighted by Crippen LogP contribution is 2.28. The van der Waals surface area contributed by atoms with E-state index in [1.54, 1.807) is 36.4 Å². The summed E-state index contributed by atoms with van der Waals surface area (Å²) in [5.41, 5.74) is 14.4. The van der Waals surface area contributed by atoms with Crippen LogP contribution in [0, 0.1) is 0 Å². The number of carbonyl (C=O) groups excluding carboxylic acids is 2. The summed E-state index contributed by atoms with van der Waals surface area (Å²) in [4.78, 5) is 23.3. The first-order valence-corrected chi connectivity index (χ1v) is 11.3. The van der Waals surface area contributed by atoms with E-state index >= 15 is 0 Å². The molecule has 34 heavy (non-hydrogen) atoms. The minimum Gasteiger partial charge on any atom is -0.494 e. The van der Waals surface area contributed by atoms with E-state index in [1.807, 2.05) is 42.5 Å². The maximum atomic E-state index is 12.1. The normalized spacial score (nSPS) is 10.8. The Kier molecular flexibility index (Phi) is 9.29. The van der Waals surface area contributed by atoms with Crippen molar-refractivity contribution in [3.8, 4) is 11.5 Å². The fourth-order valence-corrected chi connectivity index (χ4v) is 3.42. The lowest BCUT2D eigenvalue weighted by Crippen LogP contribution is -2.05. The number of nitrogens with two attached hydrogens (primary N) is 2. The lowest BCUT2D eigenvalue weighted by atomic mass is 10.1. The zero-order chi connectivity index (χ0) is 24.2. The Morgan fingerprint density at radius 1 is 0.824 bits per heavy atom. The number of anilines is 2. The molecule has 0 bridgehead atoms. The minimum atomic E-state index is -0.0209. The van der Waals surface area contributed by atoms with Crippen LogP contribution < -0.4 is 20.9 Å². The molecule has 0 spiro atoms. The van der Waals surface area contributed by atoms with E-state index in [4.69, 9.17) is 20.9 Å². The minimum absolute atomic E-state index is 0.0209. The van der Waals surface area contributed by atoms with Gasteiger partial charge in [-0.3, -0.25) is 9.59 Å². The number of hydrogen-bond acceptors (Lipinski definition) is 6. The van der Waals surface area contributed by atoms with E-state index in [0.29, 0.717) is 47.8 Å². The van der Waals surface area contributed by atoms with Crippen molar-refractivity contribution in [3.63, 3.8) is 0 Å². The third-order valence-electron chi connectivity index (χ3n) is 5.22. The summed E-state index contributed by atoms with van der Waals surface area (Å²) in [6.45, 7) is 1.11. The van der Waals surface area contributed by atoms with Crippen LogP contribution in [-0.2, 0) is 0 Å². The number of hydrogen-bond donors (Lipinski definition) is 2. The number of benzene rings is 3. The summed E-state index contributed by atoms with van der Waals surface area (Å²) in [7, 11) is 0. The van der Waals surface area contributed by atoms with Gasteiger partial charge in [-0.15, -0.1) is 0 Å². The topological polar surface area (TPSA) is 105 Å². The largest absolute Gasteiger partial charge is 0.494 e. The molecule has 0 atom stereocenters. The smallest absolute Gasteiger partial charge is 0.185 e. The molecule has 3 rings (SSSR count). The molecular formula is C28H30N2O4. The van der Waals surface area contributed by atoms with Gasteiger partial charge in [0.1, 0.15) is 5.75 Å². The summed E-state index contributed by atoms with van der Waals surface area (Å²) in [5.74, 6) is 1.18. The molecule has 6 nitrogen and oxygen atoms in total. The molecular weight excluding hydrogens is 428 g/mol. The van der Waals surface area contributed by atoms with E-state index in [9.17, 15) is 9.59 Å². The average Bonchev–Trinajstić information content (AvgIpc) is 2.86. The van der Waals surface area contributed by atoms with Gasteiger partial charge in [-0.25, -0.2) is 0 Å². The van der Waals surface area contributed by atoms with Crippen LogP contribution in [0.2, 0.25) is 0 Å². The van der Waals surface area contributed by atoms with Crippen molar-refractivity contribution >= 4 is 29.5 Å². The second-order valence-electron chi connectivity index (χ2n) is 7.89. The van der Waals surface area contributed by atoms with Gasteiger partial charge in [-0.1, -0.05) is 48.5 Å². The average molecular weight is 459 g/mol. The van der Waals surface area contributed by atoms with Crippen molar-refractivity contribution in [1.29, 1.82) is 0 Å². The zero-order valence-corrected chi connectivity index (χ0v) is 19.1. The van der Waals surface area contributed by atoms with Crippen LogP contribution in [0.1, 0.15) is 52.0 Å². The van der Waals surface area contributed by atoms with Crippen molar-refractivity contribution in [3.05, 3.63) is 89.5 Å². The molecule has 0 saturated carbocycles. The number of rotatable bonds is 13. The third-order valence-corrected chi connectivity index (χ3v) is 5.22. The van der Waals surface area contributed by atoms with Crippen LogP contribution in [0.15, 0.2) is 72.8 Å². The molecule has 6 heteroatoms. The maximum Gasteiger partial charge on any atom is 0.185 e. The third kappa shape index (κ3) is 7.52. The molecule has 0 aliphatic heterocycles. The van der Waals surface area contributed by atoms with Crippen molar-refractivity contribution in [1.82, 2.24) is 0 Å². The van der Waals surface area contributed by atoms with Gasteiger partial charge < -0.3 is 20.9 Å². The molecule has 176 valence electrons. The highest BCUT2D eigenvalue weighted by molar-refractivity contribution is 6.06. The van der Waals surface area contributed by atoms with Crippen LogP contribution in [0.25, 0.3) is 6.08 Å². The molecule has 0 saturated heterocycles. The Bertz CT molecular complexity index is 1110. The Morgan fingerprint density at radius 2 is 1.50 bits per heavy atom. The first-order chi connectivity index (χ1) is 16.6. The number of ketones is 1. The van der Waals surface area contributed by atoms with Gasteiger partial charge in [-0.05, 0) is 61.6 Å². The second kappa shape index (κ2) is 12.8. The standard InChI is InChI=1S/C28H30N2O4/c29-24-18-23(20-31)28(26(30)19-24)34-17-7-2-1-6-16-33-25-13-10-21(11-14-25)12-15-27(32)22-8-4-3-5-9-22/h3-5,8-15,18-20H,1-2,6-7,16-17,29-30H2. The summed E-state index contributed by atoms with van der Waals surface area (Å²) in [6.07, 6.45) is 7.85. The van der Waals surface area contributed by atoms with Gasteiger partial charge in [-0.2, -0.15) is 0 Å². The second-order valence-corrected chi connectivity index (χ2v) is 7.89. The van der Waals surface area contributed by atoms with Crippen LogP contribution in [0.4, 0.5) is 11.4 Å². The Morgan fingerprint density at radius 3 is 2.18 bits per heavy atom. The number of allylic oxidation sites excluding steroid dienone is 1. The lowest BCUT2D eigenvalue weighted by Gasteiger charge is -2.12. The predicted molar refractivity (Wildman–Crippen MR) is 136 cm³/mol. The van der Waals surface area contributed by atoms with Crippen LogP contribution >= 0.6 is 0 Å². The summed E-state index contributed by atoms with van der Waals surface area (Å²) in [5, 5.41) is 0. The first kappa shape index (κ1) is 24.6. The Balaban J connectivity index is 1.31. The lowest BCUT2D eigenvalue weighted by molar-refractivity contribution is 0.104. The van der Waals surface area contributed by atoms with E-state index in [2.05, 4.69) is 0 Å². The highest BCUT2D eigenvalue weighted by Gasteiger charge is 2.09. The summed E-state index contributed by atoms with van der Waals surface area (Å²) < 4.78 is 11.5. The number of carbonyl (C=O) groups is 2. The first-order valence-electron chi connectivity index (χ1n) is 11.3. The van der Waals surface area contributed by atoms with Gasteiger partial charge in [0, 0.05) is 11.3 Å². The molecule has 0 aliphatic rings. The van der Waals surface area contributed by atoms with E-state index < -0.39 is 0 Å². The molecule has 0 fully saturated rings. The van der Waals surface area contributed by atoms with E-state index in [0.717, 1.165) is 37.0 Å². The fraction of sp³-hybridized carbons (Fsp3) is 0.214. The van der Waals surface area contributed by atoms with Gasteiger partial charge in [0.15, 0.2) is 17.8 Å². The van der Waals surface area contributed by atoms with Crippen molar-refractivity contribution in [2.45, 2.75) is 25.7 Å². The van der Waals surface area contributed by atoms with Gasteiger partial charge in [0.25, 0.3) is 0 Å². The Hall–Kier alpha value is -4.06. The van der Waals surface area contributed by atoms with Crippen LogP contribution in [-0.4, -0.2) is 25.3 Å². The van der Waals surface area contributed by atoms with Gasteiger partial charge in [0.05, 0.1) is 24.5 Å². The zero-order valence-electron chi connectivity index (χ0n) is 19.1. The molecule has 0 heterocycles. The maximum absolute atomic E-state index is 12.1. The quantitative estimate of drug-likeness (QED) is 0.114. The molecule has 0 aromatic heterocycles. The SMILES string of the molecule is Nc1cc(N)c(OCCCCCCOc2ccc(C=CC(=O)c3ccccc3)cc2)c(C=O)c1. The molecule has 0 unspecified atom stereocenters. The van der Waals surface area contributed by atoms with Crippen LogP contribution in [0.3, 0.4) is 0 Å². The number of nitrogen functional groups attached to an aromatic ring is 2. The molecule has 4 N–H and O–H groups in total. The van der Waals surface area contributed by atoms with Crippen molar-refractivity contribution in [2.24, 2.45) is 0 Å².